The van der Waals surface area contributed by atoms with Crippen molar-refractivity contribution in [1.29, 1.82) is 10.5 Å². The minimum Gasteiger partial charge on any atom is -0.337 e. The van der Waals surface area contributed by atoms with Gasteiger partial charge in [-0.05, 0) is 37.1 Å². The average Bonchev–Trinajstić information content (AvgIpc) is 2.41. The maximum absolute atomic E-state index is 12.3. The van der Waals surface area contributed by atoms with Crippen molar-refractivity contribution in [1.82, 2.24) is 4.90 Å². The van der Waals surface area contributed by atoms with Crippen molar-refractivity contribution >= 4 is 5.91 Å². The molecule has 0 heterocycles. The van der Waals surface area contributed by atoms with Crippen molar-refractivity contribution in [3.63, 3.8) is 0 Å². The monoisotopic (exact) mass is 255 g/mol. The van der Waals surface area contributed by atoms with Crippen LogP contribution in [0.4, 0.5) is 0 Å². The van der Waals surface area contributed by atoms with Gasteiger partial charge in [-0.15, -0.1) is 0 Å². The molecule has 1 amide bonds. The molecule has 0 aliphatic heterocycles. The van der Waals surface area contributed by atoms with E-state index in [-0.39, 0.29) is 18.7 Å². The van der Waals surface area contributed by atoms with Crippen LogP contribution in [0, 0.1) is 36.5 Å². The lowest BCUT2D eigenvalue weighted by Gasteiger charge is -2.20. The van der Waals surface area contributed by atoms with E-state index in [1.807, 2.05) is 38.1 Å². The van der Waals surface area contributed by atoms with Crippen LogP contribution in [0.15, 0.2) is 18.2 Å². The smallest absolute Gasteiger partial charge is 0.253 e. The third kappa shape index (κ3) is 4.12. The number of carbonyl (C=O) groups excluding carboxylic acids is 1. The zero-order valence-electron chi connectivity index (χ0n) is 11.3. The molecule has 0 aromatic heterocycles. The lowest BCUT2D eigenvalue weighted by molar-refractivity contribution is 0.0762. The number of carbonyl (C=O) groups is 1. The lowest BCUT2D eigenvalue weighted by atomic mass is 10.1. The summed E-state index contributed by atoms with van der Waals surface area (Å²) in [5, 5.41) is 17.2. The Labute approximate surface area is 113 Å². The van der Waals surface area contributed by atoms with Crippen LogP contribution in [0.5, 0.6) is 0 Å². The molecule has 0 aliphatic carbocycles. The summed E-state index contributed by atoms with van der Waals surface area (Å²) in [6.45, 7) is 4.68. The number of hydrogen-bond acceptors (Lipinski definition) is 3. The van der Waals surface area contributed by atoms with Crippen molar-refractivity contribution < 1.29 is 4.79 Å². The summed E-state index contributed by atoms with van der Waals surface area (Å²) < 4.78 is 0. The molecular weight excluding hydrogens is 238 g/mol. The first-order valence-electron chi connectivity index (χ1n) is 6.20. The molecule has 4 heteroatoms. The molecule has 1 aromatic carbocycles. The molecule has 4 nitrogen and oxygen atoms in total. The third-order valence-electron chi connectivity index (χ3n) is 3.03. The highest BCUT2D eigenvalue weighted by Crippen LogP contribution is 2.12. The van der Waals surface area contributed by atoms with Gasteiger partial charge >= 0.3 is 0 Å². The minimum absolute atomic E-state index is 0.117. The average molecular weight is 255 g/mol. The molecule has 19 heavy (non-hydrogen) atoms. The molecule has 0 atom stereocenters. The zero-order chi connectivity index (χ0) is 14.3. The van der Waals surface area contributed by atoms with Gasteiger partial charge in [0.1, 0.15) is 0 Å². The Morgan fingerprint density at radius 1 is 1.11 bits per heavy atom. The van der Waals surface area contributed by atoms with Crippen molar-refractivity contribution in [3.05, 3.63) is 34.9 Å². The van der Waals surface area contributed by atoms with Crippen molar-refractivity contribution in [3.8, 4) is 12.1 Å². The highest BCUT2D eigenvalue weighted by molar-refractivity contribution is 5.94. The predicted octanol–water partition coefficient (Wildman–Crippen LogP) is 2.57. The van der Waals surface area contributed by atoms with E-state index in [2.05, 4.69) is 0 Å². The van der Waals surface area contributed by atoms with Gasteiger partial charge in [-0.3, -0.25) is 4.79 Å². The van der Waals surface area contributed by atoms with Crippen LogP contribution in [0.3, 0.4) is 0 Å². The quantitative estimate of drug-likeness (QED) is 0.812. The SMILES string of the molecule is Cc1ccc(C(=O)N(CCC#N)CCC#N)cc1C. The Balaban J connectivity index is 2.88. The molecule has 0 radical (unpaired) electrons. The molecule has 0 saturated carbocycles. The summed E-state index contributed by atoms with van der Waals surface area (Å²) in [7, 11) is 0. The number of amides is 1. The molecule has 0 unspecified atom stereocenters. The lowest BCUT2D eigenvalue weighted by Crippen LogP contribution is -2.32. The minimum atomic E-state index is -0.117. The Bertz CT molecular complexity index is 519. The van der Waals surface area contributed by atoms with Gasteiger partial charge in [-0.25, -0.2) is 0 Å². The van der Waals surface area contributed by atoms with E-state index in [9.17, 15) is 4.79 Å². The van der Waals surface area contributed by atoms with Crippen LogP contribution in [-0.2, 0) is 0 Å². The normalized spacial score (nSPS) is 9.47. The summed E-state index contributed by atoms with van der Waals surface area (Å²) in [4.78, 5) is 13.9. The van der Waals surface area contributed by atoms with E-state index in [1.165, 1.54) is 0 Å². The van der Waals surface area contributed by atoms with E-state index < -0.39 is 0 Å². The zero-order valence-corrected chi connectivity index (χ0v) is 11.3. The molecule has 0 N–H and O–H groups in total. The molecule has 0 aliphatic rings. The van der Waals surface area contributed by atoms with Gasteiger partial charge in [-0.1, -0.05) is 6.07 Å². The molecule has 0 spiro atoms. The van der Waals surface area contributed by atoms with Crippen LogP contribution < -0.4 is 0 Å². The fraction of sp³-hybridized carbons (Fsp3) is 0.400. The van der Waals surface area contributed by atoms with E-state index >= 15 is 0 Å². The fourth-order valence-corrected chi connectivity index (χ4v) is 1.74. The second-order valence-electron chi connectivity index (χ2n) is 4.41. The Hall–Kier alpha value is -2.33. The highest BCUT2D eigenvalue weighted by atomic mass is 16.2. The number of rotatable bonds is 5. The maximum atomic E-state index is 12.3. The third-order valence-corrected chi connectivity index (χ3v) is 3.03. The standard InChI is InChI=1S/C15H17N3O/c1-12-5-6-14(11-13(12)2)15(19)18(9-3-7-16)10-4-8-17/h5-6,11H,3-4,9-10H2,1-2H3. The van der Waals surface area contributed by atoms with Crippen molar-refractivity contribution in [2.45, 2.75) is 26.7 Å². The maximum Gasteiger partial charge on any atom is 0.253 e. The molecule has 1 rings (SSSR count). The molecule has 0 saturated heterocycles. The number of aryl methyl sites for hydroxylation is 2. The van der Waals surface area contributed by atoms with E-state index in [0.717, 1.165) is 11.1 Å². The molecular formula is C15H17N3O. The Kier molecular flexibility index (Phi) is 5.57. The summed E-state index contributed by atoms with van der Waals surface area (Å²) in [5.41, 5.74) is 2.81. The van der Waals surface area contributed by atoms with E-state index in [1.54, 1.807) is 11.0 Å². The van der Waals surface area contributed by atoms with Gasteiger partial charge in [0.05, 0.1) is 25.0 Å². The van der Waals surface area contributed by atoms with E-state index in [4.69, 9.17) is 10.5 Å². The highest BCUT2D eigenvalue weighted by Gasteiger charge is 2.15. The first-order valence-corrected chi connectivity index (χ1v) is 6.20. The van der Waals surface area contributed by atoms with Crippen LogP contribution in [-0.4, -0.2) is 23.9 Å². The first kappa shape index (κ1) is 14.7. The van der Waals surface area contributed by atoms with E-state index in [0.29, 0.717) is 18.7 Å². The predicted molar refractivity (Wildman–Crippen MR) is 72.3 cm³/mol. The van der Waals surface area contributed by atoms with Gasteiger partial charge in [0.2, 0.25) is 0 Å². The topological polar surface area (TPSA) is 67.9 Å². The second kappa shape index (κ2) is 7.18. The Morgan fingerprint density at radius 3 is 2.16 bits per heavy atom. The summed E-state index contributed by atoms with van der Waals surface area (Å²) in [5.74, 6) is -0.117. The Morgan fingerprint density at radius 2 is 1.68 bits per heavy atom. The number of nitriles is 2. The second-order valence-corrected chi connectivity index (χ2v) is 4.41. The number of hydrogen-bond donors (Lipinski definition) is 0. The molecule has 0 fully saturated rings. The van der Waals surface area contributed by atoms with Gasteiger partial charge in [0.25, 0.3) is 5.91 Å². The number of nitrogens with zero attached hydrogens (tertiary/aromatic N) is 3. The van der Waals surface area contributed by atoms with Crippen LogP contribution in [0.2, 0.25) is 0 Å². The summed E-state index contributed by atoms with van der Waals surface area (Å²) in [6.07, 6.45) is 0.560. The molecule has 0 bridgehead atoms. The number of benzene rings is 1. The van der Waals surface area contributed by atoms with Crippen molar-refractivity contribution in [2.75, 3.05) is 13.1 Å². The van der Waals surface area contributed by atoms with Gasteiger partial charge in [-0.2, -0.15) is 10.5 Å². The molecule has 98 valence electrons. The van der Waals surface area contributed by atoms with Crippen LogP contribution in [0.1, 0.15) is 34.3 Å². The van der Waals surface area contributed by atoms with Crippen LogP contribution >= 0.6 is 0 Å². The van der Waals surface area contributed by atoms with Crippen LogP contribution in [0.25, 0.3) is 0 Å². The van der Waals surface area contributed by atoms with Crippen molar-refractivity contribution in [2.24, 2.45) is 0 Å². The largest absolute Gasteiger partial charge is 0.337 e. The summed E-state index contributed by atoms with van der Waals surface area (Å²) >= 11 is 0. The van der Waals surface area contributed by atoms with Gasteiger partial charge in [0.15, 0.2) is 0 Å². The van der Waals surface area contributed by atoms with Gasteiger partial charge in [0, 0.05) is 18.7 Å². The molecule has 1 aromatic rings. The first-order chi connectivity index (χ1) is 9.10. The fourth-order valence-electron chi connectivity index (χ4n) is 1.74. The van der Waals surface area contributed by atoms with Gasteiger partial charge < -0.3 is 4.90 Å². The summed E-state index contributed by atoms with van der Waals surface area (Å²) in [6, 6.07) is 9.60.